The zero-order valence-electron chi connectivity index (χ0n) is 14.1. The van der Waals surface area contributed by atoms with Gasteiger partial charge in [0.1, 0.15) is 5.82 Å². The molecule has 1 atom stereocenters. The Morgan fingerprint density at radius 1 is 1.19 bits per heavy atom. The first-order valence-corrected chi connectivity index (χ1v) is 8.48. The highest BCUT2D eigenvalue weighted by Crippen LogP contribution is 2.32. The Labute approximate surface area is 157 Å². The molecule has 5 nitrogen and oxygen atoms in total. The number of anilines is 1. The van der Waals surface area contributed by atoms with Crippen LogP contribution in [0.5, 0.6) is 0 Å². The summed E-state index contributed by atoms with van der Waals surface area (Å²) in [6, 6.07) is 8.96. The molecule has 0 N–H and O–H groups in total. The number of nitrogens with zero attached hydrogens (tertiary/aromatic N) is 4. The van der Waals surface area contributed by atoms with Gasteiger partial charge in [-0.05, 0) is 5.56 Å². The number of hydrogen-bond donors (Lipinski definition) is 0. The van der Waals surface area contributed by atoms with Gasteiger partial charge in [-0.1, -0.05) is 35.9 Å². The van der Waals surface area contributed by atoms with Crippen molar-refractivity contribution in [3.8, 4) is 11.4 Å². The minimum absolute atomic E-state index is 0.254. The number of alkyl halides is 4. The maximum absolute atomic E-state index is 12.8. The molecule has 0 aliphatic carbocycles. The number of halogens is 4. The molecule has 3 heterocycles. The molecule has 9 heteroatoms. The predicted octanol–water partition coefficient (Wildman–Crippen LogP) is 4.66. The number of fused-ring (bicyclic) bond motifs is 1. The van der Waals surface area contributed by atoms with Gasteiger partial charge in [0.2, 0.25) is 0 Å². The van der Waals surface area contributed by atoms with Crippen molar-refractivity contribution in [3.05, 3.63) is 59.8 Å². The van der Waals surface area contributed by atoms with Crippen molar-refractivity contribution in [2.24, 2.45) is 12.0 Å². The van der Waals surface area contributed by atoms with Crippen molar-refractivity contribution in [1.29, 1.82) is 0 Å². The van der Waals surface area contributed by atoms with Gasteiger partial charge < -0.3 is 13.9 Å². The molecule has 140 valence electrons. The van der Waals surface area contributed by atoms with Gasteiger partial charge in [-0.3, -0.25) is 0 Å². The lowest BCUT2D eigenvalue weighted by molar-refractivity contribution is -0.140. The SMILES string of the molecule is Cn1cc(C(F)(F)F)nc1-c1ccc(CN2c3ccoc3C=NC2Cl)cc1. The summed E-state index contributed by atoms with van der Waals surface area (Å²) in [5.74, 6) is 0.889. The van der Waals surface area contributed by atoms with Crippen molar-refractivity contribution < 1.29 is 17.6 Å². The quantitative estimate of drug-likeness (QED) is 0.479. The van der Waals surface area contributed by atoms with Crippen LogP contribution in [0.4, 0.5) is 18.9 Å². The number of benzene rings is 1. The van der Waals surface area contributed by atoms with E-state index < -0.39 is 17.5 Å². The van der Waals surface area contributed by atoms with Gasteiger partial charge >= 0.3 is 6.18 Å². The topological polar surface area (TPSA) is 46.6 Å². The lowest BCUT2D eigenvalue weighted by Gasteiger charge is -2.28. The van der Waals surface area contributed by atoms with Gasteiger partial charge in [0.15, 0.2) is 17.1 Å². The molecule has 0 bridgehead atoms. The third-order valence-corrected chi connectivity index (χ3v) is 4.63. The van der Waals surface area contributed by atoms with Gasteiger partial charge in [-0.25, -0.2) is 9.98 Å². The van der Waals surface area contributed by atoms with Crippen molar-refractivity contribution in [2.75, 3.05) is 4.90 Å². The molecule has 3 aromatic rings. The van der Waals surface area contributed by atoms with Crippen molar-refractivity contribution >= 4 is 23.5 Å². The Bertz CT molecular complexity index is 991. The van der Waals surface area contributed by atoms with Gasteiger partial charge in [-0.15, -0.1) is 0 Å². The van der Waals surface area contributed by atoms with E-state index in [1.807, 2.05) is 23.1 Å². The van der Waals surface area contributed by atoms with Crippen LogP contribution in [0.25, 0.3) is 11.4 Å². The first-order chi connectivity index (χ1) is 12.8. The molecule has 2 aromatic heterocycles. The standard InChI is InChI=1S/C18H14ClF3N4O/c1-25-10-15(18(20,21)22)24-16(25)12-4-2-11(3-5-12)9-26-13-6-7-27-14(13)8-23-17(26)19/h2-8,10,17H,9H2,1H3. The number of hydrogen-bond acceptors (Lipinski definition) is 4. The molecule has 0 spiro atoms. The largest absolute Gasteiger partial charge is 0.461 e. The summed E-state index contributed by atoms with van der Waals surface area (Å²) in [5.41, 5.74) is 0.901. The number of aliphatic imine (C=N–C) groups is 1. The molecular weight excluding hydrogens is 381 g/mol. The Morgan fingerprint density at radius 2 is 1.93 bits per heavy atom. The molecule has 1 unspecified atom stereocenters. The molecule has 1 aromatic carbocycles. The Balaban J connectivity index is 1.57. The minimum atomic E-state index is -4.47. The van der Waals surface area contributed by atoms with Gasteiger partial charge in [0, 0.05) is 31.4 Å². The fourth-order valence-electron chi connectivity index (χ4n) is 2.96. The molecule has 0 fully saturated rings. The molecule has 1 aliphatic heterocycles. The van der Waals surface area contributed by atoms with E-state index in [-0.39, 0.29) is 5.82 Å². The van der Waals surface area contributed by atoms with Crippen LogP contribution >= 0.6 is 11.6 Å². The maximum Gasteiger partial charge on any atom is 0.434 e. The monoisotopic (exact) mass is 394 g/mol. The van der Waals surface area contributed by atoms with Crippen LogP contribution in [0.2, 0.25) is 0 Å². The molecule has 0 saturated carbocycles. The lowest BCUT2D eigenvalue weighted by atomic mass is 10.1. The van der Waals surface area contributed by atoms with Crippen LogP contribution in [0.15, 0.2) is 52.2 Å². The molecule has 4 rings (SSSR count). The van der Waals surface area contributed by atoms with E-state index in [0.717, 1.165) is 17.4 Å². The van der Waals surface area contributed by atoms with Gasteiger partial charge in [0.05, 0.1) is 18.2 Å². The maximum atomic E-state index is 12.8. The van der Waals surface area contributed by atoms with E-state index >= 15 is 0 Å². The van der Waals surface area contributed by atoms with Crippen LogP contribution in [0, 0.1) is 0 Å². The second-order valence-corrected chi connectivity index (χ2v) is 6.53. The molecule has 0 saturated heterocycles. The summed E-state index contributed by atoms with van der Waals surface area (Å²) in [6.45, 7) is 0.479. The fourth-order valence-corrected chi connectivity index (χ4v) is 3.19. The van der Waals surface area contributed by atoms with Crippen LogP contribution in [-0.2, 0) is 19.8 Å². The Hall–Kier alpha value is -2.74. The summed E-state index contributed by atoms with van der Waals surface area (Å²) in [4.78, 5) is 9.76. The number of imidazole rings is 1. The van der Waals surface area contributed by atoms with E-state index in [1.54, 1.807) is 24.6 Å². The number of aryl methyl sites for hydroxylation is 1. The predicted molar refractivity (Wildman–Crippen MR) is 95.8 cm³/mol. The summed E-state index contributed by atoms with van der Waals surface area (Å²) in [6.07, 6.45) is -0.331. The van der Waals surface area contributed by atoms with Crippen LogP contribution in [0.1, 0.15) is 17.0 Å². The molecule has 0 amide bonds. The van der Waals surface area contributed by atoms with E-state index in [0.29, 0.717) is 17.9 Å². The summed E-state index contributed by atoms with van der Waals surface area (Å²) >= 11 is 6.28. The third kappa shape index (κ3) is 3.32. The lowest BCUT2D eigenvalue weighted by Crippen LogP contribution is -2.32. The van der Waals surface area contributed by atoms with Crippen LogP contribution < -0.4 is 4.90 Å². The second kappa shape index (κ2) is 6.45. The highest BCUT2D eigenvalue weighted by molar-refractivity contribution is 6.22. The minimum Gasteiger partial charge on any atom is -0.461 e. The Kier molecular flexibility index (Phi) is 4.22. The van der Waals surface area contributed by atoms with E-state index in [1.165, 1.54) is 11.6 Å². The number of aromatic nitrogens is 2. The average Bonchev–Trinajstić information content (AvgIpc) is 3.24. The highest BCUT2D eigenvalue weighted by atomic mass is 35.5. The van der Waals surface area contributed by atoms with E-state index in [4.69, 9.17) is 16.0 Å². The molecule has 1 aliphatic rings. The number of rotatable bonds is 3. The summed E-state index contributed by atoms with van der Waals surface area (Å²) in [7, 11) is 1.54. The smallest absolute Gasteiger partial charge is 0.434 e. The summed E-state index contributed by atoms with van der Waals surface area (Å²) in [5, 5.41) is 0. The van der Waals surface area contributed by atoms with E-state index in [9.17, 15) is 13.2 Å². The molecule has 27 heavy (non-hydrogen) atoms. The zero-order chi connectivity index (χ0) is 19.2. The third-order valence-electron chi connectivity index (χ3n) is 4.29. The highest BCUT2D eigenvalue weighted by Gasteiger charge is 2.34. The number of furan rings is 1. The van der Waals surface area contributed by atoms with Crippen molar-refractivity contribution in [1.82, 2.24) is 9.55 Å². The van der Waals surface area contributed by atoms with Gasteiger partial charge in [-0.2, -0.15) is 13.2 Å². The zero-order valence-corrected chi connectivity index (χ0v) is 14.9. The Morgan fingerprint density at radius 3 is 2.59 bits per heavy atom. The van der Waals surface area contributed by atoms with Crippen LogP contribution in [-0.4, -0.2) is 21.4 Å². The molecular formula is C18H14ClF3N4O. The van der Waals surface area contributed by atoms with Crippen LogP contribution in [0.3, 0.4) is 0 Å². The second-order valence-electron chi connectivity index (χ2n) is 6.14. The van der Waals surface area contributed by atoms with Crippen molar-refractivity contribution in [2.45, 2.75) is 18.3 Å². The molecule has 0 radical (unpaired) electrons. The van der Waals surface area contributed by atoms with E-state index in [2.05, 4.69) is 9.98 Å². The first-order valence-electron chi connectivity index (χ1n) is 8.04. The summed E-state index contributed by atoms with van der Waals surface area (Å²) < 4.78 is 45.2. The fraction of sp³-hybridized carbons (Fsp3) is 0.222. The van der Waals surface area contributed by atoms with Gasteiger partial charge in [0.25, 0.3) is 0 Å². The average molecular weight is 395 g/mol. The normalized spacial score (nSPS) is 16.6. The first kappa shape index (κ1) is 17.7. The van der Waals surface area contributed by atoms with Crippen molar-refractivity contribution in [3.63, 3.8) is 0 Å².